The van der Waals surface area contributed by atoms with E-state index in [1.807, 2.05) is 24.3 Å². The van der Waals surface area contributed by atoms with Gasteiger partial charge < -0.3 is 0 Å². The normalized spacial score (nSPS) is 10.7. The lowest BCUT2D eigenvalue weighted by Crippen LogP contribution is -1.87. The lowest BCUT2D eigenvalue weighted by molar-refractivity contribution is -0.253. The number of ketones is 1. The molecule has 0 aliphatic carbocycles. The molecule has 1 N–H and O–H groups in total. The smallest absolute Gasteiger partial charge is 0.152 e. The first-order valence-electron chi connectivity index (χ1n) is 4.26. The molecular formula is C11H12O3. The molecular weight excluding hydrogens is 180 g/mol. The zero-order valence-corrected chi connectivity index (χ0v) is 7.93. The third-order valence-corrected chi connectivity index (χ3v) is 1.72. The Bertz CT molecular complexity index is 325. The maximum Gasteiger partial charge on any atom is 0.152 e. The summed E-state index contributed by atoms with van der Waals surface area (Å²) in [4.78, 5) is 14.6. The highest BCUT2D eigenvalue weighted by Gasteiger charge is 1.92. The predicted molar refractivity (Wildman–Crippen MR) is 53.6 cm³/mol. The first-order valence-corrected chi connectivity index (χ1v) is 4.26. The zero-order chi connectivity index (χ0) is 10.4. The van der Waals surface area contributed by atoms with Crippen LogP contribution in [0.4, 0.5) is 0 Å². The molecule has 0 aliphatic rings. The van der Waals surface area contributed by atoms with Crippen molar-refractivity contribution in [2.75, 3.05) is 0 Å². The van der Waals surface area contributed by atoms with E-state index in [0.717, 1.165) is 11.1 Å². The second-order valence-corrected chi connectivity index (χ2v) is 2.96. The van der Waals surface area contributed by atoms with Crippen molar-refractivity contribution in [1.29, 1.82) is 0 Å². The quantitative estimate of drug-likeness (QED) is 0.452. The number of carbonyl (C=O) groups excluding carboxylic acids is 1. The van der Waals surface area contributed by atoms with Crippen LogP contribution in [0.25, 0.3) is 6.08 Å². The SMILES string of the molecule is CC(=O)C=Cc1ccc(COO)cc1. The zero-order valence-electron chi connectivity index (χ0n) is 7.93. The number of benzene rings is 1. The summed E-state index contributed by atoms with van der Waals surface area (Å²) in [6.07, 6.45) is 3.25. The molecule has 0 spiro atoms. The van der Waals surface area contributed by atoms with Crippen LogP contribution in [0.15, 0.2) is 30.3 Å². The van der Waals surface area contributed by atoms with Gasteiger partial charge >= 0.3 is 0 Å². The van der Waals surface area contributed by atoms with Crippen LogP contribution in [0.5, 0.6) is 0 Å². The van der Waals surface area contributed by atoms with Gasteiger partial charge in [0, 0.05) is 0 Å². The Morgan fingerprint density at radius 2 is 2.07 bits per heavy atom. The lowest BCUT2D eigenvalue weighted by atomic mass is 10.1. The van der Waals surface area contributed by atoms with Gasteiger partial charge in [-0.15, -0.1) is 0 Å². The molecule has 1 aromatic rings. The molecule has 0 unspecified atom stereocenters. The second kappa shape index (κ2) is 5.32. The average molecular weight is 192 g/mol. The summed E-state index contributed by atoms with van der Waals surface area (Å²) >= 11 is 0. The Balaban J connectivity index is 2.68. The summed E-state index contributed by atoms with van der Waals surface area (Å²) in [6, 6.07) is 7.37. The number of allylic oxidation sites excluding steroid dienone is 1. The molecule has 1 aromatic carbocycles. The minimum absolute atomic E-state index is 0.0211. The van der Waals surface area contributed by atoms with Crippen LogP contribution in [0, 0.1) is 0 Å². The molecule has 14 heavy (non-hydrogen) atoms. The highest BCUT2D eigenvalue weighted by Crippen LogP contribution is 2.06. The first-order chi connectivity index (χ1) is 6.72. The van der Waals surface area contributed by atoms with Gasteiger partial charge in [0.2, 0.25) is 0 Å². The Labute approximate surface area is 82.6 Å². The van der Waals surface area contributed by atoms with Crippen LogP contribution in [-0.4, -0.2) is 11.0 Å². The number of rotatable bonds is 4. The van der Waals surface area contributed by atoms with Crippen LogP contribution in [0.3, 0.4) is 0 Å². The molecule has 0 radical (unpaired) electrons. The van der Waals surface area contributed by atoms with Crippen molar-refractivity contribution in [3.05, 3.63) is 41.5 Å². The van der Waals surface area contributed by atoms with Crippen molar-refractivity contribution < 1.29 is 14.9 Å². The van der Waals surface area contributed by atoms with E-state index < -0.39 is 0 Å². The third kappa shape index (κ3) is 3.51. The summed E-state index contributed by atoms with van der Waals surface area (Å²) < 4.78 is 0. The fourth-order valence-electron chi connectivity index (χ4n) is 1.01. The van der Waals surface area contributed by atoms with Crippen molar-refractivity contribution in [2.24, 2.45) is 0 Å². The van der Waals surface area contributed by atoms with Gasteiger partial charge in [0.15, 0.2) is 5.78 Å². The maximum atomic E-state index is 10.6. The number of hydrogen-bond acceptors (Lipinski definition) is 3. The van der Waals surface area contributed by atoms with Gasteiger partial charge in [0.1, 0.15) is 6.61 Å². The standard InChI is InChI=1S/C11H12O3/c1-9(12)2-3-10-4-6-11(7-5-10)8-14-13/h2-7,13H,8H2,1H3. The Kier molecular flexibility index (Phi) is 4.04. The summed E-state index contributed by atoms with van der Waals surface area (Å²) in [5.41, 5.74) is 1.83. The van der Waals surface area contributed by atoms with Crippen LogP contribution in [-0.2, 0) is 16.3 Å². The Morgan fingerprint density at radius 1 is 1.43 bits per heavy atom. The van der Waals surface area contributed by atoms with E-state index in [0.29, 0.717) is 0 Å². The van der Waals surface area contributed by atoms with Gasteiger partial charge in [0.05, 0.1) is 0 Å². The fraction of sp³-hybridized carbons (Fsp3) is 0.182. The highest BCUT2D eigenvalue weighted by molar-refractivity contribution is 5.91. The molecule has 0 aliphatic heterocycles. The van der Waals surface area contributed by atoms with Crippen LogP contribution in [0.2, 0.25) is 0 Å². The molecule has 0 bridgehead atoms. The van der Waals surface area contributed by atoms with Gasteiger partial charge in [-0.1, -0.05) is 30.3 Å². The summed E-state index contributed by atoms with van der Waals surface area (Å²) in [5.74, 6) is 0.0211. The minimum atomic E-state index is 0.0211. The van der Waals surface area contributed by atoms with E-state index in [2.05, 4.69) is 4.89 Å². The van der Waals surface area contributed by atoms with Crippen LogP contribution < -0.4 is 0 Å². The Morgan fingerprint density at radius 3 is 2.57 bits per heavy atom. The van der Waals surface area contributed by atoms with E-state index >= 15 is 0 Å². The van der Waals surface area contributed by atoms with Gasteiger partial charge in [-0.3, -0.25) is 10.1 Å². The maximum absolute atomic E-state index is 10.6. The molecule has 0 atom stereocenters. The average Bonchev–Trinajstić information content (AvgIpc) is 2.17. The molecule has 0 saturated carbocycles. The Hall–Kier alpha value is -1.45. The van der Waals surface area contributed by atoms with Crippen molar-refractivity contribution in [1.82, 2.24) is 0 Å². The van der Waals surface area contributed by atoms with E-state index in [1.165, 1.54) is 13.0 Å². The molecule has 0 saturated heterocycles. The molecule has 3 nitrogen and oxygen atoms in total. The largest absolute Gasteiger partial charge is 0.295 e. The topological polar surface area (TPSA) is 46.5 Å². The van der Waals surface area contributed by atoms with E-state index in [1.54, 1.807) is 6.08 Å². The van der Waals surface area contributed by atoms with E-state index in [-0.39, 0.29) is 12.4 Å². The molecule has 0 fully saturated rings. The second-order valence-electron chi connectivity index (χ2n) is 2.96. The molecule has 0 aromatic heterocycles. The molecule has 74 valence electrons. The van der Waals surface area contributed by atoms with Gasteiger partial charge in [-0.05, 0) is 24.1 Å². The van der Waals surface area contributed by atoms with E-state index in [9.17, 15) is 4.79 Å². The third-order valence-electron chi connectivity index (χ3n) is 1.72. The van der Waals surface area contributed by atoms with Crippen molar-refractivity contribution >= 4 is 11.9 Å². The number of carbonyl (C=O) groups is 1. The fourth-order valence-corrected chi connectivity index (χ4v) is 1.01. The highest BCUT2D eigenvalue weighted by atomic mass is 17.1. The van der Waals surface area contributed by atoms with Crippen LogP contribution >= 0.6 is 0 Å². The molecule has 1 rings (SSSR count). The predicted octanol–water partition coefficient (Wildman–Crippen LogP) is 2.28. The van der Waals surface area contributed by atoms with Crippen molar-refractivity contribution in [3.8, 4) is 0 Å². The first kappa shape index (κ1) is 10.6. The summed E-state index contributed by atoms with van der Waals surface area (Å²) in [7, 11) is 0. The monoisotopic (exact) mass is 192 g/mol. The summed E-state index contributed by atoms with van der Waals surface area (Å²) in [5, 5.41) is 8.21. The number of hydrogen-bond donors (Lipinski definition) is 1. The van der Waals surface area contributed by atoms with Crippen molar-refractivity contribution in [3.63, 3.8) is 0 Å². The molecule has 0 amide bonds. The summed E-state index contributed by atoms with van der Waals surface area (Å²) in [6.45, 7) is 1.68. The van der Waals surface area contributed by atoms with E-state index in [4.69, 9.17) is 5.26 Å². The minimum Gasteiger partial charge on any atom is -0.295 e. The van der Waals surface area contributed by atoms with Crippen LogP contribution in [0.1, 0.15) is 18.1 Å². The van der Waals surface area contributed by atoms with Gasteiger partial charge in [-0.25, -0.2) is 4.89 Å². The molecule has 3 heteroatoms. The van der Waals surface area contributed by atoms with Gasteiger partial charge in [0.25, 0.3) is 0 Å². The van der Waals surface area contributed by atoms with Crippen molar-refractivity contribution in [2.45, 2.75) is 13.5 Å². The van der Waals surface area contributed by atoms with Gasteiger partial charge in [-0.2, -0.15) is 0 Å². The molecule has 0 heterocycles. The lowest BCUT2D eigenvalue weighted by Gasteiger charge is -1.98.